The Kier molecular flexibility index (Phi) is 4.79. The number of amides is 3. The van der Waals surface area contributed by atoms with E-state index in [-0.39, 0.29) is 23.7 Å². The second-order valence-corrected chi connectivity index (χ2v) is 6.99. The normalized spacial score (nSPS) is 17.8. The summed E-state index contributed by atoms with van der Waals surface area (Å²) in [6.07, 6.45) is 2.48. The summed E-state index contributed by atoms with van der Waals surface area (Å²) < 4.78 is 14.8. The van der Waals surface area contributed by atoms with E-state index < -0.39 is 0 Å². The van der Waals surface area contributed by atoms with Crippen LogP contribution in [0.5, 0.6) is 0 Å². The number of hydrogen-bond donors (Lipinski definition) is 2. The summed E-state index contributed by atoms with van der Waals surface area (Å²) in [7, 11) is 0. The van der Waals surface area contributed by atoms with Gasteiger partial charge in [-0.05, 0) is 49.6 Å². The van der Waals surface area contributed by atoms with Crippen molar-refractivity contribution in [1.29, 1.82) is 0 Å². The molecule has 0 saturated carbocycles. The third-order valence-corrected chi connectivity index (χ3v) is 5.16. The maximum Gasteiger partial charge on any atom is 0.321 e. The van der Waals surface area contributed by atoms with Gasteiger partial charge in [-0.25, -0.2) is 9.18 Å². The Hall–Kier alpha value is -2.90. The van der Waals surface area contributed by atoms with Crippen molar-refractivity contribution in [2.24, 2.45) is 0 Å². The van der Waals surface area contributed by atoms with Crippen molar-refractivity contribution in [3.05, 3.63) is 47.5 Å². The molecule has 1 aromatic heterocycles. The summed E-state index contributed by atoms with van der Waals surface area (Å²) in [5, 5.41) is 10.3. The largest absolute Gasteiger partial charge is 0.351 e. The van der Waals surface area contributed by atoms with Gasteiger partial charge in [0.2, 0.25) is 0 Å². The zero-order valence-corrected chi connectivity index (χ0v) is 14.9. The molecule has 3 heterocycles. The zero-order valence-electron chi connectivity index (χ0n) is 14.9. The van der Waals surface area contributed by atoms with Crippen molar-refractivity contribution >= 4 is 17.6 Å². The van der Waals surface area contributed by atoms with Gasteiger partial charge in [-0.3, -0.25) is 9.48 Å². The first-order valence-corrected chi connectivity index (χ1v) is 9.27. The van der Waals surface area contributed by atoms with Gasteiger partial charge in [-0.2, -0.15) is 5.10 Å². The summed E-state index contributed by atoms with van der Waals surface area (Å²) in [6.45, 7) is 2.66. The average Bonchev–Trinajstić information content (AvgIpc) is 3.04. The van der Waals surface area contributed by atoms with Crippen LogP contribution < -0.4 is 10.6 Å². The van der Waals surface area contributed by atoms with Gasteiger partial charge in [0.15, 0.2) is 0 Å². The SMILES string of the molecule is O=C1NCCCn2nc(C3CCN(C(=O)Nc4ccc(F)cc4)CC3)cc21. The predicted molar refractivity (Wildman–Crippen MR) is 98.1 cm³/mol. The number of nitrogens with zero attached hydrogens (tertiary/aromatic N) is 3. The van der Waals surface area contributed by atoms with Gasteiger partial charge < -0.3 is 15.5 Å². The van der Waals surface area contributed by atoms with E-state index in [0.29, 0.717) is 31.0 Å². The number of anilines is 1. The Morgan fingerprint density at radius 2 is 1.93 bits per heavy atom. The van der Waals surface area contributed by atoms with E-state index in [2.05, 4.69) is 15.7 Å². The monoisotopic (exact) mass is 371 g/mol. The molecule has 0 radical (unpaired) electrons. The van der Waals surface area contributed by atoms with Crippen LogP contribution in [0.25, 0.3) is 0 Å². The van der Waals surface area contributed by atoms with Gasteiger partial charge in [-0.15, -0.1) is 0 Å². The fourth-order valence-corrected chi connectivity index (χ4v) is 3.62. The number of aryl methyl sites for hydroxylation is 1. The lowest BCUT2D eigenvalue weighted by Gasteiger charge is -2.31. The van der Waals surface area contributed by atoms with E-state index in [1.807, 2.05) is 6.07 Å². The number of piperidine rings is 1. The highest BCUT2D eigenvalue weighted by Crippen LogP contribution is 2.28. The molecule has 142 valence electrons. The molecule has 1 fully saturated rings. The van der Waals surface area contributed by atoms with Crippen LogP contribution in [0.15, 0.2) is 30.3 Å². The van der Waals surface area contributed by atoms with Crippen LogP contribution in [0.3, 0.4) is 0 Å². The van der Waals surface area contributed by atoms with Gasteiger partial charge in [0, 0.05) is 37.8 Å². The lowest BCUT2D eigenvalue weighted by atomic mass is 9.93. The Labute approximate surface area is 156 Å². The molecule has 0 unspecified atom stereocenters. The van der Waals surface area contributed by atoms with Crippen LogP contribution in [0.2, 0.25) is 0 Å². The first-order chi connectivity index (χ1) is 13.1. The number of rotatable bonds is 2. The van der Waals surface area contributed by atoms with E-state index in [9.17, 15) is 14.0 Å². The molecule has 0 bridgehead atoms. The van der Waals surface area contributed by atoms with Crippen LogP contribution in [0, 0.1) is 5.82 Å². The second-order valence-electron chi connectivity index (χ2n) is 6.99. The molecular weight excluding hydrogens is 349 g/mol. The number of carbonyl (C=O) groups is 2. The van der Waals surface area contributed by atoms with Crippen LogP contribution in [-0.2, 0) is 6.54 Å². The number of fused-ring (bicyclic) bond motifs is 1. The van der Waals surface area contributed by atoms with Crippen LogP contribution in [0.4, 0.5) is 14.9 Å². The van der Waals surface area contributed by atoms with Crippen molar-refractivity contribution in [1.82, 2.24) is 20.0 Å². The smallest absolute Gasteiger partial charge is 0.321 e. The van der Waals surface area contributed by atoms with Gasteiger partial charge in [-0.1, -0.05) is 0 Å². The lowest BCUT2D eigenvalue weighted by molar-refractivity contribution is 0.0950. The number of nitrogens with one attached hydrogen (secondary N) is 2. The fraction of sp³-hybridized carbons (Fsp3) is 0.421. The second kappa shape index (κ2) is 7.38. The number of urea groups is 1. The molecular formula is C19H22FN5O2. The molecule has 2 aromatic rings. The number of aromatic nitrogens is 2. The molecule has 4 rings (SSSR count). The molecule has 0 aliphatic carbocycles. The number of hydrogen-bond acceptors (Lipinski definition) is 3. The lowest BCUT2D eigenvalue weighted by Crippen LogP contribution is -2.40. The van der Waals surface area contributed by atoms with Crippen molar-refractivity contribution < 1.29 is 14.0 Å². The summed E-state index contributed by atoms with van der Waals surface area (Å²) in [4.78, 5) is 26.2. The molecule has 7 nitrogen and oxygen atoms in total. The van der Waals surface area contributed by atoms with Crippen molar-refractivity contribution in [2.45, 2.75) is 31.7 Å². The third kappa shape index (κ3) is 3.79. The van der Waals surface area contributed by atoms with Gasteiger partial charge in [0.05, 0.1) is 5.69 Å². The number of likely N-dealkylation sites (tertiary alicyclic amines) is 1. The van der Waals surface area contributed by atoms with Gasteiger partial charge >= 0.3 is 6.03 Å². The van der Waals surface area contributed by atoms with Crippen LogP contribution in [0.1, 0.15) is 41.4 Å². The molecule has 2 aliphatic rings. The highest BCUT2D eigenvalue weighted by molar-refractivity contribution is 5.93. The molecule has 8 heteroatoms. The van der Waals surface area contributed by atoms with Gasteiger partial charge in [0.25, 0.3) is 5.91 Å². The Morgan fingerprint density at radius 1 is 1.19 bits per heavy atom. The molecule has 27 heavy (non-hydrogen) atoms. The summed E-state index contributed by atoms with van der Waals surface area (Å²) in [6, 6.07) is 7.44. The summed E-state index contributed by atoms with van der Waals surface area (Å²) in [5.41, 5.74) is 2.13. The molecule has 1 saturated heterocycles. The summed E-state index contributed by atoms with van der Waals surface area (Å²) in [5.74, 6) is -0.157. The minimum Gasteiger partial charge on any atom is -0.351 e. The Morgan fingerprint density at radius 3 is 2.67 bits per heavy atom. The van der Waals surface area contributed by atoms with Gasteiger partial charge in [0.1, 0.15) is 11.5 Å². The molecule has 2 N–H and O–H groups in total. The maximum absolute atomic E-state index is 13.0. The quantitative estimate of drug-likeness (QED) is 0.852. The highest BCUT2D eigenvalue weighted by atomic mass is 19.1. The zero-order chi connectivity index (χ0) is 18.8. The average molecular weight is 371 g/mol. The number of carbonyl (C=O) groups excluding carboxylic acids is 2. The molecule has 3 amide bonds. The molecule has 0 atom stereocenters. The van der Waals surface area contributed by atoms with E-state index in [0.717, 1.165) is 31.5 Å². The van der Waals surface area contributed by atoms with E-state index in [1.165, 1.54) is 12.1 Å². The van der Waals surface area contributed by atoms with E-state index in [1.54, 1.807) is 21.7 Å². The number of halogens is 1. The predicted octanol–water partition coefficient (Wildman–Crippen LogP) is 2.57. The minimum atomic E-state index is -0.332. The first kappa shape index (κ1) is 17.5. The van der Waals surface area contributed by atoms with E-state index in [4.69, 9.17) is 0 Å². The third-order valence-electron chi connectivity index (χ3n) is 5.16. The van der Waals surface area contributed by atoms with E-state index >= 15 is 0 Å². The van der Waals surface area contributed by atoms with Crippen molar-refractivity contribution in [2.75, 3.05) is 25.0 Å². The minimum absolute atomic E-state index is 0.0673. The Bertz CT molecular complexity index is 840. The summed E-state index contributed by atoms with van der Waals surface area (Å²) >= 11 is 0. The van der Waals surface area contributed by atoms with Crippen molar-refractivity contribution in [3.8, 4) is 0 Å². The molecule has 0 spiro atoms. The molecule has 1 aromatic carbocycles. The van der Waals surface area contributed by atoms with Crippen LogP contribution in [-0.4, -0.2) is 46.3 Å². The topological polar surface area (TPSA) is 79.3 Å². The van der Waals surface area contributed by atoms with Crippen molar-refractivity contribution in [3.63, 3.8) is 0 Å². The molecule has 2 aliphatic heterocycles. The standard InChI is InChI=1S/C19H22FN5O2/c20-14-2-4-15(5-3-14)22-19(27)24-10-6-13(7-11-24)16-12-17-18(26)21-8-1-9-25(17)23-16/h2-5,12-13H,1,6-11H2,(H,21,26)(H,22,27). The fourth-order valence-electron chi connectivity index (χ4n) is 3.62. The van der Waals surface area contributed by atoms with Crippen LogP contribution >= 0.6 is 0 Å². The highest BCUT2D eigenvalue weighted by Gasteiger charge is 2.27. The maximum atomic E-state index is 13.0. The first-order valence-electron chi connectivity index (χ1n) is 9.27. The number of benzene rings is 1. The Balaban J connectivity index is 1.36.